The van der Waals surface area contributed by atoms with Crippen molar-refractivity contribution in [2.45, 2.75) is 39.3 Å². The summed E-state index contributed by atoms with van der Waals surface area (Å²) in [6, 6.07) is 4.96. The Bertz CT molecular complexity index is 735. The highest BCUT2D eigenvalue weighted by molar-refractivity contribution is 5.65. The number of rotatable bonds is 3. The normalized spacial score (nSPS) is 13.2. The number of alkyl halides is 3. The third-order valence-corrected chi connectivity index (χ3v) is 3.60. The Morgan fingerprint density at radius 3 is 2.17 bits per heavy atom. The number of nitrogens with zero attached hydrogens (tertiary/aromatic N) is 2. The van der Waals surface area contributed by atoms with Gasteiger partial charge in [-0.05, 0) is 36.8 Å². The lowest BCUT2D eigenvalue weighted by Crippen LogP contribution is -2.14. The summed E-state index contributed by atoms with van der Waals surface area (Å²) in [5.41, 5.74) is 2.35. The van der Waals surface area contributed by atoms with Crippen LogP contribution >= 0.6 is 0 Å². The van der Waals surface area contributed by atoms with Crippen LogP contribution in [0.5, 0.6) is 0 Å². The first kappa shape index (κ1) is 18.1. The maximum Gasteiger partial charge on any atom is 0.416 e. The van der Waals surface area contributed by atoms with Gasteiger partial charge in [0, 0.05) is 17.2 Å². The summed E-state index contributed by atoms with van der Waals surface area (Å²) in [5.74, 6) is 0. The Morgan fingerprint density at radius 2 is 1.71 bits per heavy atom. The average molecular weight is 338 g/mol. The molecule has 0 aliphatic heterocycles. The number of halogens is 3. The van der Waals surface area contributed by atoms with Gasteiger partial charge in [0.1, 0.15) is 0 Å². The first-order chi connectivity index (χ1) is 11.0. The lowest BCUT2D eigenvalue weighted by Gasteiger charge is -2.17. The molecule has 3 nitrogen and oxygen atoms in total. The number of methoxy groups -OCH3 is 1. The van der Waals surface area contributed by atoms with E-state index in [2.05, 4.69) is 5.10 Å². The van der Waals surface area contributed by atoms with Crippen LogP contribution in [0.2, 0.25) is 0 Å². The average Bonchev–Trinajstić information content (AvgIpc) is 2.92. The second kappa shape index (κ2) is 6.34. The van der Waals surface area contributed by atoms with Crippen LogP contribution < -0.4 is 0 Å². The SMILES string of the molecule is COC=C(C)c1cn(-c2ccc(C(F)(F)F)cc2)nc1C(C)(C)C. The van der Waals surface area contributed by atoms with Gasteiger partial charge < -0.3 is 4.74 Å². The highest BCUT2D eigenvalue weighted by Gasteiger charge is 2.30. The second-order valence-corrected chi connectivity index (χ2v) is 6.67. The van der Waals surface area contributed by atoms with Crippen LogP contribution in [0.4, 0.5) is 13.2 Å². The zero-order chi connectivity index (χ0) is 18.1. The molecular formula is C18H21F3N2O. The number of aromatic nitrogens is 2. The number of allylic oxidation sites excluding steroid dienone is 1. The van der Waals surface area contributed by atoms with Crippen LogP contribution in [0.3, 0.4) is 0 Å². The van der Waals surface area contributed by atoms with Crippen molar-refractivity contribution in [1.82, 2.24) is 9.78 Å². The molecule has 6 heteroatoms. The molecule has 0 unspecified atom stereocenters. The standard InChI is InChI=1S/C18H21F3N2O/c1-12(11-24-5)15-10-23(22-16(15)17(2,3)4)14-8-6-13(7-9-14)18(19,20)21/h6-11H,1-5H3. The summed E-state index contributed by atoms with van der Waals surface area (Å²) in [5, 5.41) is 4.59. The summed E-state index contributed by atoms with van der Waals surface area (Å²) in [6.45, 7) is 8.02. The fraction of sp³-hybridized carbons (Fsp3) is 0.389. The zero-order valence-corrected chi connectivity index (χ0v) is 14.4. The van der Waals surface area contributed by atoms with Crippen LogP contribution in [-0.4, -0.2) is 16.9 Å². The van der Waals surface area contributed by atoms with Crippen LogP contribution in [0.15, 0.2) is 36.7 Å². The summed E-state index contributed by atoms with van der Waals surface area (Å²) in [7, 11) is 1.57. The summed E-state index contributed by atoms with van der Waals surface area (Å²) >= 11 is 0. The minimum atomic E-state index is -4.35. The predicted octanol–water partition coefficient (Wildman–Crippen LogP) is 5.20. The van der Waals surface area contributed by atoms with Gasteiger partial charge in [0.05, 0.1) is 30.3 Å². The molecule has 0 N–H and O–H groups in total. The molecule has 1 heterocycles. The molecule has 2 rings (SSSR count). The quantitative estimate of drug-likeness (QED) is 0.720. The molecular weight excluding hydrogens is 317 g/mol. The molecule has 2 aromatic rings. The van der Waals surface area contributed by atoms with E-state index in [1.807, 2.05) is 33.9 Å². The molecule has 0 saturated heterocycles. The summed E-state index contributed by atoms with van der Waals surface area (Å²) in [4.78, 5) is 0. The monoisotopic (exact) mass is 338 g/mol. The number of benzene rings is 1. The van der Waals surface area contributed by atoms with Crippen LogP contribution in [0.25, 0.3) is 11.3 Å². The smallest absolute Gasteiger partial charge is 0.416 e. The van der Waals surface area contributed by atoms with Gasteiger partial charge in [0.25, 0.3) is 0 Å². The van der Waals surface area contributed by atoms with Gasteiger partial charge in [-0.15, -0.1) is 0 Å². The van der Waals surface area contributed by atoms with Crippen LogP contribution in [0, 0.1) is 0 Å². The third kappa shape index (κ3) is 3.80. The van der Waals surface area contributed by atoms with E-state index in [-0.39, 0.29) is 5.41 Å². The van der Waals surface area contributed by atoms with E-state index < -0.39 is 11.7 Å². The molecule has 0 radical (unpaired) electrons. The molecule has 0 aliphatic carbocycles. The van der Waals surface area contributed by atoms with Gasteiger partial charge in [-0.25, -0.2) is 4.68 Å². The lowest BCUT2D eigenvalue weighted by atomic mass is 9.88. The maximum atomic E-state index is 12.7. The van der Waals surface area contributed by atoms with Crippen molar-refractivity contribution < 1.29 is 17.9 Å². The van der Waals surface area contributed by atoms with E-state index in [1.54, 1.807) is 18.1 Å². The second-order valence-electron chi connectivity index (χ2n) is 6.67. The molecule has 0 amide bonds. The molecule has 0 spiro atoms. The molecule has 0 bridgehead atoms. The van der Waals surface area contributed by atoms with Gasteiger partial charge >= 0.3 is 6.18 Å². The first-order valence-corrected chi connectivity index (χ1v) is 7.52. The van der Waals surface area contributed by atoms with Crippen molar-refractivity contribution >= 4 is 5.57 Å². The van der Waals surface area contributed by atoms with Crippen molar-refractivity contribution in [1.29, 1.82) is 0 Å². The minimum Gasteiger partial charge on any atom is -0.504 e. The van der Waals surface area contributed by atoms with Crippen LogP contribution in [0.1, 0.15) is 44.5 Å². The zero-order valence-electron chi connectivity index (χ0n) is 14.4. The molecule has 130 valence electrons. The number of hydrogen-bond acceptors (Lipinski definition) is 2. The molecule has 0 saturated carbocycles. The minimum absolute atomic E-state index is 0.213. The van der Waals surface area contributed by atoms with E-state index in [1.165, 1.54) is 12.1 Å². The van der Waals surface area contributed by atoms with E-state index in [4.69, 9.17) is 4.74 Å². The van der Waals surface area contributed by atoms with Crippen molar-refractivity contribution in [2.75, 3.05) is 7.11 Å². The maximum absolute atomic E-state index is 12.7. The molecule has 1 aromatic heterocycles. The lowest BCUT2D eigenvalue weighted by molar-refractivity contribution is -0.137. The Morgan fingerprint density at radius 1 is 1.12 bits per heavy atom. The van der Waals surface area contributed by atoms with E-state index in [0.29, 0.717) is 5.69 Å². The Labute approximate surface area is 139 Å². The number of hydrogen-bond donors (Lipinski definition) is 0. The highest BCUT2D eigenvalue weighted by Crippen LogP contribution is 2.32. The van der Waals surface area contributed by atoms with Gasteiger partial charge in [0.2, 0.25) is 0 Å². The van der Waals surface area contributed by atoms with Crippen molar-refractivity contribution in [3.8, 4) is 5.69 Å². The Kier molecular flexibility index (Phi) is 4.78. The highest BCUT2D eigenvalue weighted by atomic mass is 19.4. The summed E-state index contributed by atoms with van der Waals surface area (Å²) < 4.78 is 44.8. The van der Waals surface area contributed by atoms with Gasteiger partial charge in [-0.3, -0.25) is 0 Å². The van der Waals surface area contributed by atoms with Crippen molar-refractivity contribution in [3.63, 3.8) is 0 Å². The van der Waals surface area contributed by atoms with Crippen LogP contribution in [-0.2, 0) is 16.3 Å². The predicted molar refractivity (Wildman–Crippen MR) is 87.9 cm³/mol. The van der Waals surface area contributed by atoms with Crippen molar-refractivity contribution in [2.24, 2.45) is 0 Å². The summed E-state index contributed by atoms with van der Waals surface area (Å²) in [6.07, 6.45) is -0.903. The topological polar surface area (TPSA) is 27.1 Å². The molecule has 0 fully saturated rings. The Hall–Kier alpha value is -2.24. The van der Waals surface area contributed by atoms with Gasteiger partial charge in [-0.2, -0.15) is 18.3 Å². The molecule has 0 atom stereocenters. The van der Waals surface area contributed by atoms with E-state index >= 15 is 0 Å². The molecule has 1 aromatic carbocycles. The fourth-order valence-electron chi connectivity index (χ4n) is 2.39. The largest absolute Gasteiger partial charge is 0.504 e. The Balaban J connectivity index is 2.50. The molecule has 0 aliphatic rings. The van der Waals surface area contributed by atoms with E-state index in [0.717, 1.165) is 29.0 Å². The van der Waals surface area contributed by atoms with Gasteiger partial charge in [-0.1, -0.05) is 20.8 Å². The fourth-order valence-corrected chi connectivity index (χ4v) is 2.39. The number of ether oxygens (including phenoxy) is 1. The first-order valence-electron chi connectivity index (χ1n) is 7.52. The van der Waals surface area contributed by atoms with E-state index in [9.17, 15) is 13.2 Å². The van der Waals surface area contributed by atoms with Gasteiger partial charge in [0.15, 0.2) is 0 Å². The molecule has 24 heavy (non-hydrogen) atoms. The third-order valence-electron chi connectivity index (χ3n) is 3.60. The van der Waals surface area contributed by atoms with Crippen molar-refractivity contribution in [3.05, 3.63) is 53.5 Å².